The highest BCUT2D eigenvalue weighted by Gasteiger charge is 2.21. The molecule has 0 atom stereocenters. The number of hydrogen-bond donors (Lipinski definition) is 1. The first kappa shape index (κ1) is 13.6. The molecule has 0 saturated heterocycles. The molecule has 1 aromatic heterocycles. The van der Waals surface area contributed by atoms with Gasteiger partial charge in [0.05, 0.1) is 6.54 Å². The number of rotatable bonds is 3. The van der Waals surface area contributed by atoms with Gasteiger partial charge in [0.2, 0.25) is 0 Å². The first-order chi connectivity index (χ1) is 10.1. The van der Waals surface area contributed by atoms with E-state index in [0.717, 1.165) is 24.7 Å². The Labute approximate surface area is 125 Å². The lowest BCUT2D eigenvalue weighted by atomic mass is 10.1. The van der Waals surface area contributed by atoms with Crippen LogP contribution < -0.4 is 14.8 Å². The van der Waals surface area contributed by atoms with Gasteiger partial charge in [-0.25, -0.2) is 4.57 Å². The van der Waals surface area contributed by atoms with E-state index in [9.17, 15) is 0 Å². The van der Waals surface area contributed by atoms with Crippen molar-refractivity contribution in [3.8, 4) is 0 Å². The zero-order valence-corrected chi connectivity index (χ0v) is 12.8. The summed E-state index contributed by atoms with van der Waals surface area (Å²) in [4.78, 5) is 6.62. The lowest BCUT2D eigenvalue weighted by Gasteiger charge is -2.11. The third-order valence-corrected chi connectivity index (χ3v) is 3.68. The largest absolute Gasteiger partial charge is 0.392 e. The highest BCUT2D eigenvalue weighted by Crippen LogP contribution is 2.15. The summed E-state index contributed by atoms with van der Waals surface area (Å²) in [6.45, 7) is 3.96. The Balaban J connectivity index is 1.86. The van der Waals surface area contributed by atoms with Gasteiger partial charge < -0.3 is 4.90 Å². The zero-order chi connectivity index (χ0) is 14.8. The molecule has 4 nitrogen and oxygen atoms in total. The maximum atomic E-state index is 4.51. The van der Waals surface area contributed by atoms with Gasteiger partial charge in [-0.05, 0) is 30.7 Å². The molecule has 0 spiro atoms. The van der Waals surface area contributed by atoms with Crippen molar-refractivity contribution < 1.29 is 4.57 Å². The minimum atomic E-state index is 0.953. The molecule has 0 radical (unpaired) electrons. The topological polar surface area (TPSA) is 32.0 Å². The van der Waals surface area contributed by atoms with Gasteiger partial charge in [0, 0.05) is 25.8 Å². The molecule has 0 saturated carbocycles. The Morgan fingerprint density at radius 2 is 1.95 bits per heavy atom. The minimum Gasteiger partial charge on any atom is -0.378 e. The summed E-state index contributed by atoms with van der Waals surface area (Å²) in [5.74, 6) is 0.970. The predicted molar refractivity (Wildman–Crippen MR) is 87.4 cm³/mol. The standard InChI is InChI=1S/C17H20N4/c1-13-12-16(21-11-10-18-17(21)19-13)9-6-14-4-7-15(8-5-14)20(2)3/h4-9,12H,10-11H2,1-3H3/p+1/b9-6+. The summed E-state index contributed by atoms with van der Waals surface area (Å²) < 4.78 is 2.22. The van der Waals surface area contributed by atoms with Crippen molar-refractivity contribution in [3.63, 3.8) is 0 Å². The average molecular weight is 281 g/mol. The smallest absolute Gasteiger partial charge is 0.378 e. The Kier molecular flexibility index (Phi) is 3.60. The van der Waals surface area contributed by atoms with E-state index in [4.69, 9.17) is 0 Å². The van der Waals surface area contributed by atoms with Crippen molar-refractivity contribution in [2.24, 2.45) is 0 Å². The van der Waals surface area contributed by atoms with Crippen molar-refractivity contribution in [3.05, 3.63) is 47.3 Å². The van der Waals surface area contributed by atoms with Crippen molar-refractivity contribution in [2.45, 2.75) is 13.5 Å². The van der Waals surface area contributed by atoms with Gasteiger partial charge in [0.15, 0.2) is 0 Å². The normalized spacial score (nSPS) is 13.3. The maximum Gasteiger partial charge on any atom is 0.392 e. The first-order valence-electron chi connectivity index (χ1n) is 7.24. The molecule has 4 heteroatoms. The molecular weight excluding hydrogens is 260 g/mol. The fourth-order valence-corrected chi connectivity index (χ4v) is 2.53. The van der Waals surface area contributed by atoms with Crippen LogP contribution in [-0.4, -0.2) is 25.6 Å². The molecule has 0 aliphatic carbocycles. The highest BCUT2D eigenvalue weighted by atomic mass is 15.2. The molecule has 0 unspecified atom stereocenters. The van der Waals surface area contributed by atoms with E-state index in [-0.39, 0.29) is 0 Å². The molecule has 2 aromatic rings. The van der Waals surface area contributed by atoms with Crippen molar-refractivity contribution in [1.82, 2.24) is 4.98 Å². The van der Waals surface area contributed by atoms with Crippen LogP contribution in [0.25, 0.3) is 12.2 Å². The van der Waals surface area contributed by atoms with Gasteiger partial charge >= 0.3 is 5.95 Å². The number of fused-ring (bicyclic) bond motifs is 1. The van der Waals surface area contributed by atoms with Crippen LogP contribution in [0.1, 0.15) is 17.0 Å². The minimum absolute atomic E-state index is 0.953. The van der Waals surface area contributed by atoms with Crippen molar-refractivity contribution in [1.29, 1.82) is 0 Å². The Morgan fingerprint density at radius 3 is 2.67 bits per heavy atom. The average Bonchev–Trinajstić information content (AvgIpc) is 2.93. The third kappa shape index (κ3) is 2.89. The summed E-state index contributed by atoms with van der Waals surface area (Å²) in [7, 11) is 4.11. The molecule has 1 N–H and O–H groups in total. The molecule has 108 valence electrons. The third-order valence-electron chi connectivity index (χ3n) is 3.68. The first-order valence-corrected chi connectivity index (χ1v) is 7.24. The van der Waals surface area contributed by atoms with Gasteiger partial charge in [-0.1, -0.05) is 23.2 Å². The van der Waals surface area contributed by atoms with E-state index >= 15 is 0 Å². The lowest BCUT2D eigenvalue weighted by Crippen LogP contribution is -2.35. The second-order valence-electron chi connectivity index (χ2n) is 5.54. The van der Waals surface area contributed by atoms with E-state index in [1.165, 1.54) is 16.9 Å². The highest BCUT2D eigenvalue weighted by molar-refractivity contribution is 5.68. The van der Waals surface area contributed by atoms with Crippen LogP contribution in [0.15, 0.2) is 30.3 Å². The SMILES string of the molecule is Cc1cc(/C=C/c2ccc(N(C)C)cc2)[n+]2c(n1)NCC2. The van der Waals surface area contributed by atoms with Crippen LogP contribution in [0.5, 0.6) is 0 Å². The van der Waals surface area contributed by atoms with Crippen LogP contribution in [0, 0.1) is 6.92 Å². The van der Waals surface area contributed by atoms with E-state index in [2.05, 4.69) is 76.3 Å². The summed E-state index contributed by atoms with van der Waals surface area (Å²) in [6, 6.07) is 10.7. The monoisotopic (exact) mass is 281 g/mol. The van der Waals surface area contributed by atoms with Gasteiger partial charge in [0.25, 0.3) is 0 Å². The maximum absolute atomic E-state index is 4.51. The molecule has 21 heavy (non-hydrogen) atoms. The Hall–Kier alpha value is -2.36. The molecule has 1 aromatic carbocycles. The van der Waals surface area contributed by atoms with Crippen LogP contribution in [0.4, 0.5) is 11.6 Å². The Morgan fingerprint density at radius 1 is 1.19 bits per heavy atom. The summed E-state index contributed by atoms with van der Waals surface area (Å²) in [5, 5.41) is 3.31. The molecule has 2 heterocycles. The van der Waals surface area contributed by atoms with E-state index < -0.39 is 0 Å². The fraction of sp³-hybridized carbons (Fsp3) is 0.294. The molecular formula is C17H21N4+. The molecule has 0 amide bonds. The number of nitrogens with one attached hydrogen (secondary N) is 1. The van der Waals surface area contributed by atoms with E-state index in [0.29, 0.717) is 0 Å². The molecule has 0 fully saturated rings. The summed E-state index contributed by atoms with van der Waals surface area (Å²) >= 11 is 0. The van der Waals surface area contributed by atoms with Crippen LogP contribution in [0.2, 0.25) is 0 Å². The summed E-state index contributed by atoms with van der Waals surface area (Å²) in [6.07, 6.45) is 4.32. The van der Waals surface area contributed by atoms with Gasteiger partial charge in [-0.2, -0.15) is 0 Å². The number of anilines is 2. The number of nitrogens with zero attached hydrogens (tertiary/aromatic N) is 3. The number of benzene rings is 1. The zero-order valence-electron chi connectivity index (χ0n) is 12.8. The second kappa shape index (κ2) is 5.56. The van der Waals surface area contributed by atoms with Gasteiger partial charge in [-0.3, -0.25) is 5.32 Å². The van der Waals surface area contributed by atoms with Crippen LogP contribution in [-0.2, 0) is 6.54 Å². The van der Waals surface area contributed by atoms with Gasteiger partial charge in [0.1, 0.15) is 17.9 Å². The number of aromatic nitrogens is 2. The molecule has 0 bridgehead atoms. The van der Waals surface area contributed by atoms with Crippen molar-refractivity contribution >= 4 is 23.8 Å². The fourth-order valence-electron chi connectivity index (χ4n) is 2.53. The molecule has 3 rings (SSSR count). The van der Waals surface area contributed by atoms with Crippen LogP contribution in [0.3, 0.4) is 0 Å². The van der Waals surface area contributed by atoms with Crippen molar-refractivity contribution in [2.75, 3.05) is 30.9 Å². The molecule has 1 aliphatic heterocycles. The second-order valence-corrected chi connectivity index (χ2v) is 5.54. The number of hydrogen-bond acceptors (Lipinski definition) is 3. The number of aryl methyl sites for hydroxylation is 1. The van der Waals surface area contributed by atoms with Crippen LogP contribution >= 0.6 is 0 Å². The quantitative estimate of drug-likeness (QED) is 0.876. The van der Waals surface area contributed by atoms with E-state index in [1.807, 2.05) is 6.92 Å². The lowest BCUT2D eigenvalue weighted by molar-refractivity contribution is -0.674. The molecule has 1 aliphatic rings. The Bertz CT molecular complexity index is 672. The van der Waals surface area contributed by atoms with E-state index in [1.54, 1.807) is 0 Å². The van der Waals surface area contributed by atoms with Gasteiger partial charge in [-0.15, -0.1) is 0 Å². The predicted octanol–water partition coefficient (Wildman–Crippen LogP) is 2.34. The summed E-state index contributed by atoms with van der Waals surface area (Å²) in [5.41, 5.74) is 4.65.